The van der Waals surface area contributed by atoms with Crippen LogP contribution in [0.2, 0.25) is 0 Å². The van der Waals surface area contributed by atoms with Gasteiger partial charge in [0.15, 0.2) is 7.98 Å². The van der Waals surface area contributed by atoms with E-state index in [1.807, 2.05) is 7.98 Å². The van der Waals surface area contributed by atoms with Crippen molar-refractivity contribution in [3.8, 4) is 0 Å². The fourth-order valence-electron chi connectivity index (χ4n) is 0.279. The van der Waals surface area contributed by atoms with Gasteiger partial charge in [-0.3, -0.25) is 0 Å². The highest BCUT2D eigenvalue weighted by Crippen LogP contribution is 1.62. The van der Waals surface area contributed by atoms with E-state index < -0.39 is 0 Å². The van der Waals surface area contributed by atoms with Crippen LogP contribution in [0, 0.1) is 0 Å². The zero-order valence-electron chi connectivity index (χ0n) is 4.20. The Morgan fingerprint density at radius 1 is 1.67 bits per heavy atom. The zero-order chi connectivity index (χ0) is 4.83. The molecular weight excluding hydrogens is 74.9 g/mol. The van der Waals surface area contributed by atoms with Crippen molar-refractivity contribution in [3.63, 3.8) is 0 Å². The number of hydrogen-bond acceptors (Lipinski definition) is 2. The summed E-state index contributed by atoms with van der Waals surface area (Å²) in [6, 6.07) is 0. The molecule has 2 nitrogen and oxygen atoms in total. The molecule has 0 aromatic rings. The van der Waals surface area contributed by atoms with Crippen LogP contribution < -0.4 is 11.0 Å². The molecule has 0 aromatic carbocycles. The Bertz CT molecular complexity index is 20.8. The Balaban J connectivity index is 2.34. The van der Waals surface area contributed by atoms with Gasteiger partial charge in [0, 0.05) is 0 Å². The molecule has 0 fully saturated rings. The summed E-state index contributed by atoms with van der Waals surface area (Å²) >= 11 is 0. The van der Waals surface area contributed by atoms with Gasteiger partial charge >= 0.3 is 0 Å². The van der Waals surface area contributed by atoms with Crippen LogP contribution in [0.25, 0.3) is 0 Å². The second kappa shape index (κ2) is 4.98. The normalized spacial score (nSPS) is 8.83. The van der Waals surface area contributed by atoms with Crippen molar-refractivity contribution in [2.24, 2.45) is 5.73 Å². The van der Waals surface area contributed by atoms with Crippen LogP contribution >= 0.6 is 0 Å². The molecule has 0 bridgehead atoms. The molecular formula is C3H11BN2. The fraction of sp³-hybridized carbons (Fsp3) is 1.00. The van der Waals surface area contributed by atoms with Gasteiger partial charge in [-0.2, -0.15) is 0 Å². The van der Waals surface area contributed by atoms with Crippen LogP contribution in [0.5, 0.6) is 0 Å². The smallest absolute Gasteiger partial charge is 0.181 e. The van der Waals surface area contributed by atoms with Gasteiger partial charge in [-0.25, -0.2) is 0 Å². The first-order valence-corrected chi connectivity index (χ1v) is 2.26. The predicted molar refractivity (Wildman–Crippen MR) is 30.2 cm³/mol. The summed E-state index contributed by atoms with van der Waals surface area (Å²) in [4.78, 5) is 0. The molecule has 0 rings (SSSR count). The first-order chi connectivity index (χ1) is 2.91. The van der Waals surface area contributed by atoms with E-state index >= 15 is 0 Å². The molecule has 3 N–H and O–H groups in total. The minimum Gasteiger partial charge on any atom is -0.362 e. The first kappa shape index (κ1) is 5.98. The molecule has 0 radical (unpaired) electrons. The Hall–Kier alpha value is -0.0151. The molecule has 36 valence electrons. The van der Waals surface area contributed by atoms with E-state index in [4.69, 9.17) is 5.73 Å². The summed E-state index contributed by atoms with van der Waals surface area (Å²) in [5.41, 5.74) is 5.17. The average molecular weight is 85.9 g/mol. The van der Waals surface area contributed by atoms with Crippen LogP contribution in [-0.4, -0.2) is 21.1 Å². The van der Waals surface area contributed by atoms with Crippen LogP contribution in [0.15, 0.2) is 0 Å². The largest absolute Gasteiger partial charge is 0.362 e. The predicted octanol–water partition coefficient (Wildman–Crippen LogP) is -1.53. The third-order valence-electron chi connectivity index (χ3n) is 0.631. The maximum atomic E-state index is 5.17. The van der Waals surface area contributed by atoms with Crippen molar-refractivity contribution in [1.82, 2.24) is 5.23 Å². The van der Waals surface area contributed by atoms with Crippen LogP contribution in [0.4, 0.5) is 0 Å². The summed E-state index contributed by atoms with van der Waals surface area (Å²) in [7, 11) is 1.93. The molecule has 0 unspecified atom stereocenters. The lowest BCUT2D eigenvalue weighted by Gasteiger charge is -1.90. The average Bonchev–Trinajstić information content (AvgIpc) is 1.61. The Kier molecular flexibility index (Phi) is 4.97. The van der Waals surface area contributed by atoms with E-state index in [2.05, 4.69) is 5.23 Å². The number of rotatable bonds is 3. The maximum Gasteiger partial charge on any atom is 0.181 e. The third-order valence-corrected chi connectivity index (χ3v) is 0.631. The van der Waals surface area contributed by atoms with Gasteiger partial charge in [0.1, 0.15) is 0 Å². The lowest BCUT2D eigenvalue weighted by molar-refractivity contribution is 0.802. The van der Waals surface area contributed by atoms with E-state index in [9.17, 15) is 0 Å². The second-order valence-electron chi connectivity index (χ2n) is 1.25. The van der Waals surface area contributed by atoms with Crippen molar-refractivity contribution < 1.29 is 0 Å². The lowest BCUT2D eigenvalue weighted by Crippen LogP contribution is -2.13. The standard InChI is InChI=1S/C3H11BN2/c4-6-3-1-2-5/h6H,1-5H2. The zero-order valence-corrected chi connectivity index (χ0v) is 4.20. The van der Waals surface area contributed by atoms with Crippen LogP contribution in [0.1, 0.15) is 6.42 Å². The lowest BCUT2D eigenvalue weighted by atomic mass is 10.3. The first-order valence-electron chi connectivity index (χ1n) is 2.26. The molecule has 0 saturated heterocycles. The molecule has 0 aliphatic carbocycles. The van der Waals surface area contributed by atoms with Crippen molar-refractivity contribution in [1.29, 1.82) is 0 Å². The topological polar surface area (TPSA) is 38.0 Å². The molecule has 0 amide bonds. The van der Waals surface area contributed by atoms with E-state index in [0.717, 1.165) is 19.5 Å². The molecule has 0 atom stereocenters. The Morgan fingerprint density at radius 2 is 2.33 bits per heavy atom. The summed E-state index contributed by atoms with van der Waals surface area (Å²) in [6.45, 7) is 1.83. The van der Waals surface area contributed by atoms with Gasteiger partial charge < -0.3 is 11.0 Å². The van der Waals surface area contributed by atoms with E-state index in [1.54, 1.807) is 0 Å². The molecule has 0 saturated carbocycles. The van der Waals surface area contributed by atoms with Gasteiger partial charge in [0.2, 0.25) is 0 Å². The number of nitrogens with two attached hydrogens (primary N) is 1. The van der Waals surface area contributed by atoms with Crippen LogP contribution in [-0.2, 0) is 0 Å². The minimum atomic E-state index is 0.792. The molecule has 0 aromatic heterocycles. The second-order valence-corrected chi connectivity index (χ2v) is 1.25. The molecule has 3 heteroatoms. The fourth-order valence-corrected chi connectivity index (χ4v) is 0.279. The highest BCUT2D eigenvalue weighted by molar-refractivity contribution is 6.04. The third kappa shape index (κ3) is 3.98. The van der Waals surface area contributed by atoms with Crippen molar-refractivity contribution in [2.75, 3.05) is 13.1 Å². The van der Waals surface area contributed by atoms with Gasteiger partial charge in [-0.05, 0) is 19.5 Å². The van der Waals surface area contributed by atoms with Gasteiger partial charge in [-0.1, -0.05) is 0 Å². The Morgan fingerprint density at radius 3 is 2.50 bits per heavy atom. The number of nitrogens with one attached hydrogen (secondary N) is 1. The number of hydrogen-bond donors (Lipinski definition) is 2. The molecule has 6 heavy (non-hydrogen) atoms. The van der Waals surface area contributed by atoms with Crippen molar-refractivity contribution in [2.45, 2.75) is 6.42 Å². The summed E-state index contributed by atoms with van der Waals surface area (Å²) in [6.07, 6.45) is 1.08. The summed E-state index contributed by atoms with van der Waals surface area (Å²) in [5.74, 6) is 0. The molecule has 0 aliphatic heterocycles. The van der Waals surface area contributed by atoms with Crippen molar-refractivity contribution in [3.05, 3.63) is 0 Å². The highest BCUT2D eigenvalue weighted by Gasteiger charge is 1.73. The van der Waals surface area contributed by atoms with E-state index in [0.29, 0.717) is 0 Å². The van der Waals surface area contributed by atoms with Crippen LogP contribution in [0.3, 0.4) is 0 Å². The molecule has 0 spiro atoms. The summed E-state index contributed by atoms with van der Waals surface area (Å²) < 4.78 is 0. The quantitative estimate of drug-likeness (QED) is 0.323. The van der Waals surface area contributed by atoms with E-state index in [1.165, 1.54) is 0 Å². The molecule has 0 aliphatic rings. The Labute approximate surface area is 39.5 Å². The highest BCUT2D eigenvalue weighted by atomic mass is 14.7. The van der Waals surface area contributed by atoms with E-state index in [-0.39, 0.29) is 0 Å². The van der Waals surface area contributed by atoms with Gasteiger partial charge in [0.25, 0.3) is 0 Å². The summed E-state index contributed by atoms with van der Waals surface area (Å²) in [5, 5.41) is 2.99. The van der Waals surface area contributed by atoms with Gasteiger partial charge in [-0.15, -0.1) is 0 Å². The minimum absolute atomic E-state index is 0.792. The van der Waals surface area contributed by atoms with Crippen molar-refractivity contribution >= 4 is 7.98 Å². The van der Waals surface area contributed by atoms with Gasteiger partial charge in [0.05, 0.1) is 0 Å². The monoisotopic (exact) mass is 86.1 g/mol. The SMILES string of the molecule is BNCCCN. The maximum absolute atomic E-state index is 5.17. The molecule has 0 heterocycles.